The van der Waals surface area contributed by atoms with Gasteiger partial charge in [0.25, 0.3) is 0 Å². The van der Waals surface area contributed by atoms with Gasteiger partial charge in [0.2, 0.25) is 5.91 Å². The molecule has 0 spiro atoms. The van der Waals surface area contributed by atoms with E-state index >= 15 is 0 Å². The second-order valence-corrected chi connectivity index (χ2v) is 5.19. The number of rotatable bonds is 6. The number of aromatic amines is 1. The summed E-state index contributed by atoms with van der Waals surface area (Å²) in [6.07, 6.45) is 2.94. The molecule has 0 aliphatic carbocycles. The Hall–Kier alpha value is -1.69. The van der Waals surface area contributed by atoms with Gasteiger partial charge >= 0.3 is 0 Å². The Labute approximate surface area is 110 Å². The van der Waals surface area contributed by atoms with Gasteiger partial charge < -0.3 is 5.32 Å². The van der Waals surface area contributed by atoms with Crippen molar-refractivity contribution in [2.45, 2.75) is 19.8 Å². The van der Waals surface area contributed by atoms with E-state index in [0.717, 1.165) is 12.2 Å². The second kappa shape index (κ2) is 6.30. The lowest BCUT2D eigenvalue weighted by Crippen LogP contribution is -2.31. The minimum atomic E-state index is -0.00150. The third-order valence-electron chi connectivity index (χ3n) is 2.66. The zero-order chi connectivity index (χ0) is 12.8. The second-order valence-electron chi connectivity index (χ2n) is 4.16. The van der Waals surface area contributed by atoms with E-state index in [1.807, 2.05) is 18.4 Å². The van der Waals surface area contributed by atoms with E-state index in [1.54, 1.807) is 11.3 Å². The van der Waals surface area contributed by atoms with Gasteiger partial charge in [-0.3, -0.25) is 9.89 Å². The van der Waals surface area contributed by atoms with E-state index in [0.29, 0.717) is 13.0 Å². The van der Waals surface area contributed by atoms with Crippen molar-refractivity contribution < 1.29 is 4.79 Å². The molecule has 0 saturated heterocycles. The molecule has 0 unspecified atom stereocenters. The smallest absolute Gasteiger partial charge is 0.223 e. The zero-order valence-corrected chi connectivity index (χ0v) is 11.0. The first-order chi connectivity index (χ1) is 8.75. The van der Waals surface area contributed by atoms with Crippen LogP contribution in [0, 0.1) is 5.92 Å². The van der Waals surface area contributed by atoms with Gasteiger partial charge in [-0.15, -0.1) is 11.3 Å². The maximum atomic E-state index is 11.8. The average Bonchev–Trinajstić information content (AvgIpc) is 3.01. The summed E-state index contributed by atoms with van der Waals surface area (Å²) in [6.45, 7) is 2.53. The predicted octanol–water partition coefficient (Wildman–Crippen LogP) is 1.40. The van der Waals surface area contributed by atoms with Gasteiger partial charge in [0.1, 0.15) is 12.2 Å². The van der Waals surface area contributed by atoms with Crippen LogP contribution in [0.2, 0.25) is 0 Å². The number of hydrogen-bond acceptors (Lipinski definition) is 4. The summed E-state index contributed by atoms with van der Waals surface area (Å²) in [5.41, 5.74) is 0. The van der Waals surface area contributed by atoms with Gasteiger partial charge in [-0.2, -0.15) is 5.10 Å². The summed E-state index contributed by atoms with van der Waals surface area (Å²) in [4.78, 5) is 17.1. The highest BCUT2D eigenvalue weighted by molar-refractivity contribution is 7.09. The fraction of sp³-hybridized carbons (Fsp3) is 0.417. The van der Waals surface area contributed by atoms with Crippen molar-refractivity contribution in [1.82, 2.24) is 20.5 Å². The molecular formula is C12H16N4OS. The van der Waals surface area contributed by atoms with Gasteiger partial charge in [-0.05, 0) is 17.9 Å². The first-order valence-electron chi connectivity index (χ1n) is 5.90. The molecule has 2 heterocycles. The van der Waals surface area contributed by atoms with Crippen molar-refractivity contribution in [3.8, 4) is 0 Å². The maximum absolute atomic E-state index is 11.8. The molecule has 1 amide bonds. The normalized spacial score (nSPS) is 12.3. The molecule has 6 heteroatoms. The third kappa shape index (κ3) is 3.66. The van der Waals surface area contributed by atoms with Gasteiger partial charge in [0, 0.05) is 23.8 Å². The van der Waals surface area contributed by atoms with Crippen molar-refractivity contribution in [1.29, 1.82) is 0 Å². The highest BCUT2D eigenvalue weighted by Gasteiger charge is 2.13. The summed E-state index contributed by atoms with van der Waals surface area (Å²) in [5.74, 6) is 0.877. The molecule has 2 N–H and O–H groups in total. The summed E-state index contributed by atoms with van der Waals surface area (Å²) < 4.78 is 0. The lowest BCUT2D eigenvalue weighted by atomic mass is 10.1. The van der Waals surface area contributed by atoms with Crippen LogP contribution in [-0.4, -0.2) is 27.6 Å². The Morgan fingerprint density at radius 1 is 1.61 bits per heavy atom. The number of H-pyrrole nitrogens is 1. The van der Waals surface area contributed by atoms with Crippen LogP contribution >= 0.6 is 11.3 Å². The maximum Gasteiger partial charge on any atom is 0.223 e. The molecule has 96 valence electrons. The van der Waals surface area contributed by atoms with Gasteiger partial charge in [0.05, 0.1) is 0 Å². The lowest BCUT2D eigenvalue weighted by Gasteiger charge is -2.10. The monoisotopic (exact) mass is 264 g/mol. The molecule has 18 heavy (non-hydrogen) atoms. The SMILES string of the molecule is C[C@H](Cc1cccs1)C(=O)NCCc1ncn[nH]1. The average molecular weight is 264 g/mol. The summed E-state index contributed by atoms with van der Waals surface area (Å²) >= 11 is 1.69. The van der Waals surface area contributed by atoms with Crippen LogP contribution in [-0.2, 0) is 17.6 Å². The van der Waals surface area contributed by atoms with E-state index in [2.05, 4.69) is 26.6 Å². The largest absolute Gasteiger partial charge is 0.355 e. The van der Waals surface area contributed by atoms with E-state index in [-0.39, 0.29) is 11.8 Å². The summed E-state index contributed by atoms with van der Waals surface area (Å²) in [6, 6.07) is 4.07. The standard InChI is InChI=1S/C12H16N4OS/c1-9(7-10-3-2-6-18-10)12(17)13-5-4-11-14-8-15-16-11/h2-3,6,8-9H,4-5,7H2,1H3,(H,13,17)(H,14,15,16)/t9-/m1/s1. The number of thiophene rings is 1. The van der Waals surface area contributed by atoms with Crippen molar-refractivity contribution in [3.63, 3.8) is 0 Å². The van der Waals surface area contributed by atoms with Gasteiger partial charge in [-0.25, -0.2) is 4.98 Å². The van der Waals surface area contributed by atoms with Crippen LogP contribution in [0.25, 0.3) is 0 Å². The summed E-state index contributed by atoms with van der Waals surface area (Å²) in [7, 11) is 0. The minimum absolute atomic E-state index is 0.00150. The molecule has 2 aromatic heterocycles. The number of carbonyl (C=O) groups is 1. The number of amides is 1. The molecule has 0 radical (unpaired) electrons. The van der Waals surface area contributed by atoms with Crippen LogP contribution in [0.15, 0.2) is 23.8 Å². The summed E-state index contributed by atoms with van der Waals surface area (Å²) in [5, 5.41) is 11.5. The molecule has 0 saturated carbocycles. The predicted molar refractivity (Wildman–Crippen MR) is 70.3 cm³/mol. The first kappa shape index (κ1) is 12.8. The zero-order valence-electron chi connectivity index (χ0n) is 10.2. The van der Waals surface area contributed by atoms with E-state index < -0.39 is 0 Å². The van der Waals surface area contributed by atoms with Crippen LogP contribution < -0.4 is 5.32 Å². The van der Waals surface area contributed by atoms with Gasteiger partial charge in [0.15, 0.2) is 0 Å². The minimum Gasteiger partial charge on any atom is -0.355 e. The van der Waals surface area contributed by atoms with Crippen molar-refractivity contribution in [3.05, 3.63) is 34.5 Å². The quantitative estimate of drug-likeness (QED) is 0.828. The number of hydrogen-bond donors (Lipinski definition) is 2. The van der Waals surface area contributed by atoms with Crippen LogP contribution in [0.5, 0.6) is 0 Å². The molecule has 0 aromatic carbocycles. The molecule has 0 aliphatic rings. The Balaban J connectivity index is 1.70. The molecule has 0 fully saturated rings. The number of nitrogens with zero attached hydrogens (tertiary/aromatic N) is 2. The van der Waals surface area contributed by atoms with Gasteiger partial charge in [-0.1, -0.05) is 13.0 Å². The Morgan fingerprint density at radius 3 is 3.17 bits per heavy atom. The van der Waals surface area contributed by atoms with E-state index in [4.69, 9.17) is 0 Å². The van der Waals surface area contributed by atoms with Crippen molar-refractivity contribution in [2.75, 3.05) is 6.54 Å². The third-order valence-corrected chi connectivity index (χ3v) is 3.56. The Kier molecular flexibility index (Phi) is 4.46. The van der Waals surface area contributed by atoms with E-state index in [9.17, 15) is 4.79 Å². The fourth-order valence-corrected chi connectivity index (χ4v) is 2.49. The Morgan fingerprint density at radius 2 is 2.50 bits per heavy atom. The molecule has 5 nitrogen and oxygen atoms in total. The first-order valence-corrected chi connectivity index (χ1v) is 6.78. The van der Waals surface area contributed by atoms with Crippen LogP contribution in [0.3, 0.4) is 0 Å². The molecule has 2 rings (SSSR count). The molecule has 2 aromatic rings. The topological polar surface area (TPSA) is 70.7 Å². The molecular weight excluding hydrogens is 248 g/mol. The highest BCUT2D eigenvalue weighted by atomic mass is 32.1. The van der Waals surface area contributed by atoms with Crippen molar-refractivity contribution in [2.24, 2.45) is 5.92 Å². The van der Waals surface area contributed by atoms with Crippen molar-refractivity contribution >= 4 is 17.2 Å². The molecule has 1 atom stereocenters. The number of aromatic nitrogens is 3. The fourth-order valence-electron chi connectivity index (χ4n) is 1.65. The van der Waals surface area contributed by atoms with Crippen LogP contribution in [0.4, 0.5) is 0 Å². The molecule has 0 aliphatic heterocycles. The lowest BCUT2D eigenvalue weighted by molar-refractivity contribution is -0.124. The molecule has 0 bridgehead atoms. The Bertz CT molecular complexity index is 466. The van der Waals surface area contributed by atoms with Crippen LogP contribution in [0.1, 0.15) is 17.6 Å². The van der Waals surface area contributed by atoms with E-state index in [1.165, 1.54) is 11.2 Å². The highest BCUT2D eigenvalue weighted by Crippen LogP contribution is 2.14. The number of nitrogens with one attached hydrogen (secondary N) is 2. The number of carbonyl (C=O) groups excluding carboxylic acids is 1.